The normalized spacial score (nSPS) is 20.3. The van der Waals surface area contributed by atoms with Crippen LogP contribution < -0.4 is 21.1 Å². The van der Waals surface area contributed by atoms with Crippen molar-refractivity contribution >= 4 is 29.2 Å². The number of fused-ring (bicyclic) bond motifs is 3. The second-order valence-electron chi connectivity index (χ2n) is 11.5. The number of likely N-dealkylation sites (N-methyl/N-ethyl adjacent to an activating group) is 1. The van der Waals surface area contributed by atoms with Crippen molar-refractivity contribution in [3.63, 3.8) is 0 Å². The van der Waals surface area contributed by atoms with Crippen molar-refractivity contribution in [3.8, 4) is 11.1 Å². The zero-order chi connectivity index (χ0) is 29.1. The topological polar surface area (TPSA) is 108 Å². The van der Waals surface area contributed by atoms with Gasteiger partial charge in [-0.25, -0.2) is 9.37 Å². The number of nitrogens with zero attached hydrogens (tertiary/aromatic N) is 5. The summed E-state index contributed by atoms with van der Waals surface area (Å²) in [6, 6.07) is 3.55. The van der Waals surface area contributed by atoms with Crippen molar-refractivity contribution in [3.05, 3.63) is 73.8 Å². The Balaban J connectivity index is 1.21. The van der Waals surface area contributed by atoms with Gasteiger partial charge in [0.2, 0.25) is 0 Å². The van der Waals surface area contributed by atoms with Gasteiger partial charge in [-0.15, -0.1) is 0 Å². The molecule has 1 aliphatic carbocycles. The Morgan fingerprint density at radius 2 is 2.00 bits per heavy atom. The highest BCUT2D eigenvalue weighted by Crippen LogP contribution is 2.37. The quantitative estimate of drug-likeness (QED) is 0.416. The summed E-state index contributed by atoms with van der Waals surface area (Å²) in [5, 5.41) is 17.4. The number of aliphatic hydroxyl groups is 1. The van der Waals surface area contributed by atoms with E-state index >= 15 is 4.39 Å². The average molecular weight is 592 g/mol. The fourth-order valence-electron chi connectivity index (χ4n) is 6.67. The Morgan fingerprint density at radius 1 is 1.17 bits per heavy atom. The van der Waals surface area contributed by atoms with Crippen LogP contribution in [0.2, 0.25) is 0 Å². The Kier molecular flexibility index (Phi) is 6.87. The predicted octanol–water partition coefficient (Wildman–Crippen LogP) is 3.00. The van der Waals surface area contributed by atoms with E-state index in [1.54, 1.807) is 43.3 Å². The van der Waals surface area contributed by atoms with Crippen LogP contribution >= 0.6 is 11.8 Å². The fraction of sp³-hybridized carbons (Fsp3) is 0.433. The third-order valence-corrected chi connectivity index (χ3v) is 9.92. The molecule has 1 amide bonds. The van der Waals surface area contributed by atoms with Gasteiger partial charge in [-0.3, -0.25) is 14.5 Å². The number of amides is 1. The van der Waals surface area contributed by atoms with Crippen LogP contribution in [0.15, 0.2) is 39.9 Å². The first kappa shape index (κ1) is 27.2. The van der Waals surface area contributed by atoms with Crippen molar-refractivity contribution in [2.75, 3.05) is 36.9 Å². The van der Waals surface area contributed by atoms with E-state index < -0.39 is 11.7 Å². The highest BCUT2D eigenvalue weighted by Gasteiger charge is 2.36. The van der Waals surface area contributed by atoms with Crippen LogP contribution in [0.3, 0.4) is 0 Å². The van der Waals surface area contributed by atoms with E-state index in [4.69, 9.17) is 0 Å². The summed E-state index contributed by atoms with van der Waals surface area (Å²) in [6.07, 6.45) is 7.60. The first-order valence-corrected chi connectivity index (χ1v) is 15.3. The summed E-state index contributed by atoms with van der Waals surface area (Å²) < 4.78 is 18.8. The number of carbonyl (C=O) groups excluding carboxylic acids is 1. The molecule has 3 aromatic heterocycles. The molecule has 4 aliphatic rings. The molecule has 10 nitrogen and oxygen atoms in total. The van der Waals surface area contributed by atoms with E-state index in [1.165, 1.54) is 20.1 Å². The van der Waals surface area contributed by atoms with Crippen LogP contribution in [-0.4, -0.2) is 62.2 Å². The first-order valence-electron chi connectivity index (χ1n) is 14.5. The van der Waals surface area contributed by atoms with Crippen LogP contribution in [0, 0.1) is 5.82 Å². The molecule has 42 heavy (non-hydrogen) atoms. The number of carbonyl (C=O) groups is 1. The molecule has 0 saturated heterocycles. The smallest absolute Gasteiger partial charge is 0.279 e. The molecule has 0 radical (unpaired) electrons. The van der Waals surface area contributed by atoms with E-state index in [2.05, 4.69) is 27.6 Å². The molecule has 220 valence electrons. The lowest BCUT2D eigenvalue weighted by Gasteiger charge is -2.30. The van der Waals surface area contributed by atoms with Gasteiger partial charge < -0.3 is 29.8 Å². The SMILES string of the molecule is CN1CCC2=C(C1)SC(Nc1cc(-c3ccnc(N4CCn5c6c(c(F)c5C4=O)CCCC6)c3CO)cn(C)c1=O)N2. The lowest BCUT2D eigenvalue weighted by atomic mass is 9.97. The molecule has 1 unspecified atom stereocenters. The molecule has 1 atom stereocenters. The minimum atomic E-state index is -0.443. The van der Waals surface area contributed by atoms with E-state index in [0.29, 0.717) is 53.3 Å². The Hall–Kier alpha value is -3.61. The highest BCUT2D eigenvalue weighted by atomic mass is 32.2. The lowest BCUT2D eigenvalue weighted by molar-refractivity contribution is 0.0958. The minimum Gasteiger partial charge on any atom is -0.392 e. The van der Waals surface area contributed by atoms with Crippen LogP contribution in [0.4, 0.5) is 15.9 Å². The zero-order valence-corrected chi connectivity index (χ0v) is 24.6. The Labute approximate surface area is 247 Å². The molecular weight excluding hydrogens is 557 g/mol. The number of hydrogen-bond acceptors (Lipinski definition) is 8. The van der Waals surface area contributed by atoms with Crippen molar-refractivity contribution in [2.45, 2.75) is 50.8 Å². The number of aromatic nitrogens is 3. The number of aliphatic hydroxyl groups excluding tert-OH is 1. The molecule has 3 N–H and O–H groups in total. The summed E-state index contributed by atoms with van der Waals surface area (Å²) in [5.74, 6) is -0.556. The Morgan fingerprint density at radius 3 is 2.83 bits per heavy atom. The van der Waals surface area contributed by atoms with Gasteiger partial charge in [0.1, 0.15) is 22.7 Å². The number of hydrogen-bond donors (Lipinski definition) is 3. The number of halogens is 1. The number of anilines is 2. The molecule has 0 fully saturated rings. The average Bonchev–Trinajstić information content (AvgIpc) is 3.53. The molecule has 7 rings (SSSR count). The standard InChI is InChI=1S/C30H34FN7O3S/c1-35-10-8-21-24(15-35)42-30(33-21)34-22-13-17(14-36(2)28(22)40)18-7-9-32-27(20(18)16-39)38-12-11-37-23-6-4-3-5-19(23)25(31)26(37)29(38)41/h7,9,13-14,30,33-34,39H,3-6,8,10-12,15-16H2,1-2H3. The van der Waals surface area contributed by atoms with Crippen LogP contribution in [-0.2, 0) is 33.0 Å². The van der Waals surface area contributed by atoms with Gasteiger partial charge in [-0.2, -0.15) is 0 Å². The maximum absolute atomic E-state index is 15.5. The van der Waals surface area contributed by atoms with E-state index in [1.807, 2.05) is 4.57 Å². The number of rotatable bonds is 5. The van der Waals surface area contributed by atoms with Gasteiger partial charge in [-0.1, -0.05) is 11.8 Å². The maximum Gasteiger partial charge on any atom is 0.279 e. The van der Waals surface area contributed by atoms with Gasteiger partial charge in [-0.05, 0) is 50.4 Å². The second-order valence-corrected chi connectivity index (χ2v) is 12.7. The summed E-state index contributed by atoms with van der Waals surface area (Å²) in [7, 11) is 3.79. The van der Waals surface area contributed by atoms with Crippen molar-refractivity contribution < 1.29 is 14.3 Å². The summed E-state index contributed by atoms with van der Waals surface area (Å²) in [6.45, 7) is 2.30. The predicted molar refractivity (Wildman–Crippen MR) is 161 cm³/mol. The largest absolute Gasteiger partial charge is 0.392 e. The molecule has 6 heterocycles. The summed E-state index contributed by atoms with van der Waals surface area (Å²) in [5.41, 5.74) is 4.80. The van der Waals surface area contributed by atoms with Crippen molar-refractivity contribution in [1.29, 1.82) is 0 Å². The minimum absolute atomic E-state index is 0.0851. The van der Waals surface area contributed by atoms with Gasteiger partial charge >= 0.3 is 0 Å². The molecule has 0 spiro atoms. The second kappa shape index (κ2) is 10.6. The van der Waals surface area contributed by atoms with E-state index in [-0.39, 0.29) is 23.4 Å². The molecule has 0 bridgehead atoms. The molecule has 0 aromatic carbocycles. The number of aryl methyl sites for hydroxylation is 1. The molecule has 3 aliphatic heterocycles. The number of nitrogens with one attached hydrogen (secondary N) is 2. The molecular formula is C30H34FN7O3S. The zero-order valence-electron chi connectivity index (χ0n) is 23.7. The number of thioether (sulfide) groups is 1. The van der Waals surface area contributed by atoms with Crippen LogP contribution in [0.25, 0.3) is 11.1 Å². The Bertz CT molecular complexity index is 1700. The van der Waals surface area contributed by atoms with E-state index in [9.17, 15) is 14.7 Å². The van der Waals surface area contributed by atoms with Gasteiger partial charge in [0.05, 0.1) is 6.61 Å². The van der Waals surface area contributed by atoms with Gasteiger partial charge in [0.25, 0.3) is 11.5 Å². The van der Waals surface area contributed by atoms with Crippen LogP contribution in [0.1, 0.15) is 46.6 Å². The number of pyridine rings is 2. The maximum atomic E-state index is 15.5. The first-order chi connectivity index (χ1) is 20.3. The molecule has 12 heteroatoms. The summed E-state index contributed by atoms with van der Waals surface area (Å²) in [4.78, 5) is 36.4. The van der Waals surface area contributed by atoms with Crippen molar-refractivity contribution in [2.24, 2.45) is 7.05 Å². The van der Waals surface area contributed by atoms with Crippen LogP contribution in [0.5, 0.6) is 0 Å². The molecule has 3 aromatic rings. The van der Waals surface area contributed by atoms with Gasteiger partial charge in [0.15, 0.2) is 5.82 Å². The monoisotopic (exact) mass is 591 g/mol. The van der Waals surface area contributed by atoms with Crippen molar-refractivity contribution in [1.82, 2.24) is 24.3 Å². The summed E-state index contributed by atoms with van der Waals surface area (Å²) >= 11 is 1.68. The van der Waals surface area contributed by atoms with Gasteiger partial charge in [0, 0.05) is 85.0 Å². The third-order valence-electron chi connectivity index (χ3n) is 8.79. The molecule has 0 saturated carbocycles. The van der Waals surface area contributed by atoms with E-state index in [0.717, 1.165) is 44.5 Å². The lowest BCUT2D eigenvalue weighted by Crippen LogP contribution is -2.42. The fourth-order valence-corrected chi connectivity index (χ4v) is 7.94. The third kappa shape index (κ3) is 4.43. The highest BCUT2D eigenvalue weighted by molar-refractivity contribution is 8.04.